The summed E-state index contributed by atoms with van der Waals surface area (Å²) in [5.41, 5.74) is 2.81. The standard InChI is InChI=1S/C15H10N2O4/c18-13(8-7-10-4-3-9-21-10)16-17-14(19)11-5-1-2-6-12(11)15(17)20/h1-9H,(H,16,18). The normalized spacial score (nSPS) is 13.8. The second kappa shape index (κ2) is 5.09. The maximum absolute atomic E-state index is 12.0. The van der Waals surface area contributed by atoms with Crippen LogP contribution in [0.25, 0.3) is 6.08 Å². The summed E-state index contributed by atoms with van der Waals surface area (Å²) < 4.78 is 5.03. The third-order valence-corrected chi connectivity index (χ3v) is 2.96. The molecule has 2 heterocycles. The van der Waals surface area contributed by atoms with Crippen LogP contribution in [0.3, 0.4) is 0 Å². The fourth-order valence-electron chi connectivity index (χ4n) is 1.98. The van der Waals surface area contributed by atoms with Crippen molar-refractivity contribution in [3.63, 3.8) is 0 Å². The molecule has 6 nitrogen and oxygen atoms in total. The van der Waals surface area contributed by atoms with Gasteiger partial charge in [-0.1, -0.05) is 12.1 Å². The summed E-state index contributed by atoms with van der Waals surface area (Å²) in [6, 6.07) is 9.76. The Morgan fingerprint density at radius 3 is 2.29 bits per heavy atom. The molecular formula is C15H10N2O4. The summed E-state index contributed by atoms with van der Waals surface area (Å²) >= 11 is 0. The molecule has 3 amide bonds. The van der Waals surface area contributed by atoms with Crippen molar-refractivity contribution < 1.29 is 18.8 Å². The van der Waals surface area contributed by atoms with Crippen LogP contribution < -0.4 is 5.43 Å². The Labute approximate surface area is 119 Å². The Hall–Kier alpha value is -3.15. The molecule has 0 unspecified atom stereocenters. The van der Waals surface area contributed by atoms with Gasteiger partial charge in [0.05, 0.1) is 17.4 Å². The van der Waals surface area contributed by atoms with Gasteiger partial charge in [-0.05, 0) is 30.3 Å². The Morgan fingerprint density at radius 1 is 1.05 bits per heavy atom. The zero-order chi connectivity index (χ0) is 14.8. The molecule has 21 heavy (non-hydrogen) atoms. The van der Waals surface area contributed by atoms with Gasteiger partial charge in [0.25, 0.3) is 17.7 Å². The summed E-state index contributed by atoms with van der Waals surface area (Å²) in [7, 11) is 0. The minimum absolute atomic E-state index is 0.276. The van der Waals surface area contributed by atoms with E-state index in [4.69, 9.17) is 4.42 Å². The number of rotatable bonds is 3. The first-order valence-electron chi connectivity index (χ1n) is 6.17. The van der Waals surface area contributed by atoms with Crippen molar-refractivity contribution in [2.24, 2.45) is 0 Å². The number of fused-ring (bicyclic) bond motifs is 1. The number of nitrogens with one attached hydrogen (secondary N) is 1. The summed E-state index contributed by atoms with van der Waals surface area (Å²) in [5.74, 6) is -1.20. The molecule has 104 valence electrons. The Kier molecular flexibility index (Phi) is 3.12. The number of nitrogens with zero attached hydrogens (tertiary/aromatic N) is 1. The van der Waals surface area contributed by atoms with Gasteiger partial charge in [0.1, 0.15) is 5.76 Å². The maximum atomic E-state index is 12.0. The molecular weight excluding hydrogens is 272 g/mol. The molecule has 1 aromatic carbocycles. The number of hydrazine groups is 1. The van der Waals surface area contributed by atoms with Crippen LogP contribution >= 0.6 is 0 Å². The molecule has 0 bridgehead atoms. The summed E-state index contributed by atoms with van der Waals surface area (Å²) in [5, 5.41) is 0.708. The topological polar surface area (TPSA) is 79.6 Å². The Balaban J connectivity index is 1.73. The van der Waals surface area contributed by atoms with Crippen LogP contribution in [-0.2, 0) is 4.79 Å². The van der Waals surface area contributed by atoms with Crippen molar-refractivity contribution in [1.29, 1.82) is 0 Å². The van der Waals surface area contributed by atoms with Crippen LogP contribution in [-0.4, -0.2) is 22.7 Å². The molecule has 0 atom stereocenters. The lowest BCUT2D eigenvalue weighted by atomic mass is 10.1. The molecule has 2 aromatic rings. The van der Waals surface area contributed by atoms with E-state index in [0.717, 1.165) is 0 Å². The van der Waals surface area contributed by atoms with E-state index in [9.17, 15) is 14.4 Å². The molecule has 0 aliphatic carbocycles. The SMILES string of the molecule is O=C(C=Cc1ccco1)NN1C(=O)c2ccccc2C1=O. The van der Waals surface area contributed by atoms with Crippen molar-refractivity contribution in [3.8, 4) is 0 Å². The predicted molar refractivity (Wildman–Crippen MR) is 72.8 cm³/mol. The number of furan rings is 1. The van der Waals surface area contributed by atoms with Gasteiger partial charge in [-0.3, -0.25) is 19.8 Å². The number of benzene rings is 1. The first-order valence-corrected chi connectivity index (χ1v) is 6.17. The highest BCUT2D eigenvalue weighted by molar-refractivity contribution is 6.21. The second-order valence-corrected chi connectivity index (χ2v) is 4.32. The van der Waals surface area contributed by atoms with E-state index in [1.54, 1.807) is 36.4 Å². The minimum Gasteiger partial charge on any atom is -0.465 e. The molecule has 1 aliphatic heterocycles. The van der Waals surface area contributed by atoms with E-state index < -0.39 is 17.7 Å². The average Bonchev–Trinajstić information content (AvgIpc) is 3.09. The first kappa shape index (κ1) is 12.9. The lowest BCUT2D eigenvalue weighted by Gasteiger charge is -2.13. The quantitative estimate of drug-likeness (QED) is 0.685. The van der Waals surface area contributed by atoms with Gasteiger partial charge in [0.15, 0.2) is 0 Å². The van der Waals surface area contributed by atoms with Gasteiger partial charge in [-0.15, -0.1) is 0 Å². The zero-order valence-electron chi connectivity index (χ0n) is 10.8. The molecule has 1 aromatic heterocycles. The molecule has 1 aliphatic rings. The molecule has 6 heteroatoms. The van der Waals surface area contributed by atoms with Crippen molar-refractivity contribution in [2.45, 2.75) is 0 Å². The van der Waals surface area contributed by atoms with Gasteiger partial charge in [-0.2, -0.15) is 5.01 Å². The first-order chi connectivity index (χ1) is 10.2. The van der Waals surface area contributed by atoms with E-state index in [1.165, 1.54) is 18.4 Å². The van der Waals surface area contributed by atoms with Gasteiger partial charge in [-0.25, -0.2) is 0 Å². The fourth-order valence-corrected chi connectivity index (χ4v) is 1.98. The Morgan fingerprint density at radius 2 is 1.71 bits per heavy atom. The largest absolute Gasteiger partial charge is 0.465 e. The number of hydrogen-bond acceptors (Lipinski definition) is 4. The molecule has 0 saturated heterocycles. The summed E-state index contributed by atoms with van der Waals surface area (Å²) in [6.45, 7) is 0. The van der Waals surface area contributed by atoms with Gasteiger partial charge in [0.2, 0.25) is 0 Å². The van der Waals surface area contributed by atoms with E-state index >= 15 is 0 Å². The number of amides is 3. The molecule has 1 N–H and O–H groups in total. The minimum atomic E-state index is -0.596. The lowest BCUT2D eigenvalue weighted by Crippen LogP contribution is -2.45. The van der Waals surface area contributed by atoms with Crippen molar-refractivity contribution in [3.05, 3.63) is 65.6 Å². The van der Waals surface area contributed by atoms with Gasteiger partial charge < -0.3 is 4.42 Å². The van der Waals surface area contributed by atoms with Crippen LogP contribution in [0.1, 0.15) is 26.5 Å². The molecule has 0 saturated carbocycles. The highest BCUT2D eigenvalue weighted by Gasteiger charge is 2.36. The molecule has 0 spiro atoms. The average molecular weight is 282 g/mol. The third kappa shape index (κ3) is 2.34. The predicted octanol–water partition coefficient (Wildman–Crippen LogP) is 1.62. The monoisotopic (exact) mass is 282 g/mol. The number of carbonyl (C=O) groups excluding carboxylic acids is 3. The van der Waals surface area contributed by atoms with E-state index in [-0.39, 0.29) is 11.1 Å². The summed E-state index contributed by atoms with van der Waals surface area (Å²) in [6.07, 6.45) is 4.09. The van der Waals surface area contributed by atoms with Crippen LogP contribution in [0.4, 0.5) is 0 Å². The van der Waals surface area contributed by atoms with Crippen molar-refractivity contribution in [1.82, 2.24) is 10.4 Å². The third-order valence-electron chi connectivity index (χ3n) is 2.96. The second-order valence-electron chi connectivity index (χ2n) is 4.32. The number of imide groups is 1. The highest BCUT2D eigenvalue weighted by atomic mass is 16.3. The molecule has 0 radical (unpaired) electrons. The number of carbonyl (C=O) groups is 3. The molecule has 0 fully saturated rings. The van der Waals surface area contributed by atoms with Crippen LogP contribution in [0.5, 0.6) is 0 Å². The highest BCUT2D eigenvalue weighted by Crippen LogP contribution is 2.20. The van der Waals surface area contributed by atoms with Crippen molar-refractivity contribution in [2.75, 3.05) is 0 Å². The van der Waals surface area contributed by atoms with Gasteiger partial charge >= 0.3 is 0 Å². The maximum Gasteiger partial charge on any atom is 0.280 e. The van der Waals surface area contributed by atoms with Crippen LogP contribution in [0, 0.1) is 0 Å². The van der Waals surface area contributed by atoms with E-state index in [2.05, 4.69) is 5.43 Å². The fraction of sp³-hybridized carbons (Fsp3) is 0. The van der Waals surface area contributed by atoms with Gasteiger partial charge in [0, 0.05) is 6.08 Å². The van der Waals surface area contributed by atoms with E-state index in [1.807, 2.05) is 0 Å². The van der Waals surface area contributed by atoms with Crippen LogP contribution in [0.2, 0.25) is 0 Å². The van der Waals surface area contributed by atoms with Crippen molar-refractivity contribution >= 4 is 23.8 Å². The Bertz CT molecular complexity index is 712. The molecule has 3 rings (SSSR count). The number of hydrogen-bond donors (Lipinski definition) is 1. The zero-order valence-corrected chi connectivity index (χ0v) is 10.8. The van der Waals surface area contributed by atoms with Crippen LogP contribution in [0.15, 0.2) is 53.2 Å². The van der Waals surface area contributed by atoms with E-state index in [0.29, 0.717) is 10.8 Å². The summed E-state index contributed by atoms with van der Waals surface area (Å²) in [4.78, 5) is 35.8. The smallest absolute Gasteiger partial charge is 0.280 e. The lowest BCUT2D eigenvalue weighted by molar-refractivity contribution is -0.119.